The van der Waals surface area contributed by atoms with Gasteiger partial charge in [0.2, 0.25) is 0 Å². The highest BCUT2D eigenvalue weighted by Gasteiger charge is 2.17. The standard InChI is InChI=1S/C13H21N3/c1-2-15-7-9-16(10-8-15)11-12-3-5-13(14)6-4-12/h3-6H,2,7-11,14H2,1H3/p+1. The van der Waals surface area contributed by atoms with Crippen molar-refractivity contribution in [2.24, 2.45) is 0 Å². The fraction of sp³-hybridized carbons (Fsp3) is 0.538. The molecule has 0 spiro atoms. The smallest absolute Gasteiger partial charge is 0.0900 e. The number of rotatable bonds is 3. The highest BCUT2D eigenvalue weighted by Crippen LogP contribution is 2.08. The van der Waals surface area contributed by atoms with E-state index in [-0.39, 0.29) is 0 Å². The van der Waals surface area contributed by atoms with Crippen molar-refractivity contribution in [1.29, 1.82) is 0 Å². The fourth-order valence-corrected chi connectivity index (χ4v) is 2.26. The molecule has 0 amide bonds. The van der Waals surface area contributed by atoms with E-state index < -0.39 is 0 Å². The number of nitrogens with zero attached hydrogens (tertiary/aromatic N) is 1. The molecule has 0 bridgehead atoms. The van der Waals surface area contributed by atoms with Crippen molar-refractivity contribution in [3.63, 3.8) is 0 Å². The zero-order chi connectivity index (χ0) is 11.4. The van der Waals surface area contributed by atoms with Gasteiger partial charge >= 0.3 is 0 Å². The van der Waals surface area contributed by atoms with Crippen LogP contribution in [0.3, 0.4) is 0 Å². The van der Waals surface area contributed by atoms with E-state index in [9.17, 15) is 0 Å². The monoisotopic (exact) mass is 220 g/mol. The van der Waals surface area contributed by atoms with Crippen LogP contribution in [-0.4, -0.2) is 37.6 Å². The number of nitrogens with two attached hydrogens (primary N) is 1. The Kier molecular flexibility index (Phi) is 3.80. The normalized spacial score (nSPS) is 18.8. The van der Waals surface area contributed by atoms with E-state index in [1.165, 1.54) is 38.3 Å². The minimum Gasteiger partial charge on any atom is -0.399 e. The van der Waals surface area contributed by atoms with Gasteiger partial charge in [0, 0.05) is 25.3 Å². The third kappa shape index (κ3) is 2.97. The largest absolute Gasteiger partial charge is 0.399 e. The third-order valence-corrected chi connectivity index (χ3v) is 3.45. The van der Waals surface area contributed by atoms with Crippen molar-refractivity contribution in [1.82, 2.24) is 4.90 Å². The summed E-state index contributed by atoms with van der Waals surface area (Å²) in [5, 5.41) is 0. The molecule has 1 aromatic rings. The third-order valence-electron chi connectivity index (χ3n) is 3.45. The van der Waals surface area contributed by atoms with Gasteiger partial charge in [-0.3, -0.25) is 4.90 Å². The highest BCUT2D eigenvalue weighted by molar-refractivity contribution is 5.39. The van der Waals surface area contributed by atoms with Gasteiger partial charge in [0.15, 0.2) is 0 Å². The second-order valence-corrected chi connectivity index (χ2v) is 4.62. The first-order valence-electron chi connectivity index (χ1n) is 6.18. The molecular formula is C13H22N3+. The van der Waals surface area contributed by atoms with Crippen LogP contribution in [-0.2, 0) is 6.54 Å². The van der Waals surface area contributed by atoms with Crippen molar-refractivity contribution in [3.05, 3.63) is 29.8 Å². The first kappa shape index (κ1) is 11.4. The van der Waals surface area contributed by atoms with E-state index in [4.69, 9.17) is 5.73 Å². The summed E-state index contributed by atoms with van der Waals surface area (Å²) < 4.78 is 0. The van der Waals surface area contributed by atoms with Crippen LogP contribution in [0, 0.1) is 0 Å². The predicted octanol–water partition coefficient (Wildman–Crippen LogP) is -0.0108. The number of anilines is 1. The maximum absolute atomic E-state index is 5.68. The molecule has 1 saturated heterocycles. The maximum Gasteiger partial charge on any atom is 0.0900 e. The summed E-state index contributed by atoms with van der Waals surface area (Å²) in [4.78, 5) is 4.26. The molecular weight excluding hydrogens is 198 g/mol. The highest BCUT2D eigenvalue weighted by atomic mass is 15.3. The molecule has 0 aromatic heterocycles. The lowest BCUT2D eigenvalue weighted by Crippen LogP contribution is -3.14. The number of quaternary nitrogens is 1. The van der Waals surface area contributed by atoms with Gasteiger partial charge in [0.25, 0.3) is 0 Å². The van der Waals surface area contributed by atoms with Crippen molar-refractivity contribution in [2.45, 2.75) is 13.5 Å². The minimum atomic E-state index is 0.851. The predicted molar refractivity (Wildman–Crippen MR) is 67.4 cm³/mol. The molecule has 1 aromatic carbocycles. The Balaban J connectivity index is 1.84. The van der Waals surface area contributed by atoms with Crippen LogP contribution < -0.4 is 10.6 Å². The van der Waals surface area contributed by atoms with Crippen LogP contribution in [0.15, 0.2) is 24.3 Å². The van der Waals surface area contributed by atoms with Gasteiger partial charge in [-0.25, -0.2) is 0 Å². The Hall–Kier alpha value is -1.06. The Morgan fingerprint density at radius 3 is 2.38 bits per heavy atom. The first-order valence-corrected chi connectivity index (χ1v) is 6.18. The average Bonchev–Trinajstić information content (AvgIpc) is 2.33. The van der Waals surface area contributed by atoms with Gasteiger partial charge in [-0.15, -0.1) is 0 Å². The molecule has 0 atom stereocenters. The number of likely N-dealkylation sites (N-methyl/N-ethyl adjacent to an activating group) is 1. The SMILES string of the molecule is CC[NH+]1CCN(Cc2ccc(N)cc2)CC1. The summed E-state index contributed by atoms with van der Waals surface area (Å²) in [6.45, 7) is 9.59. The van der Waals surface area contributed by atoms with Crippen molar-refractivity contribution >= 4 is 5.69 Å². The van der Waals surface area contributed by atoms with Gasteiger partial charge < -0.3 is 10.6 Å². The molecule has 0 aliphatic carbocycles. The summed E-state index contributed by atoms with van der Waals surface area (Å²) in [5.74, 6) is 0. The molecule has 3 N–H and O–H groups in total. The molecule has 16 heavy (non-hydrogen) atoms. The molecule has 3 nitrogen and oxygen atoms in total. The molecule has 1 fully saturated rings. The fourth-order valence-electron chi connectivity index (χ4n) is 2.26. The van der Waals surface area contributed by atoms with E-state index in [1.807, 2.05) is 12.1 Å². The molecule has 0 unspecified atom stereocenters. The zero-order valence-electron chi connectivity index (χ0n) is 10.1. The number of nitrogen functional groups attached to an aromatic ring is 1. The van der Waals surface area contributed by atoms with Crippen LogP contribution in [0.5, 0.6) is 0 Å². The summed E-state index contributed by atoms with van der Waals surface area (Å²) in [6, 6.07) is 8.24. The topological polar surface area (TPSA) is 33.7 Å². The first-order chi connectivity index (χ1) is 7.78. The lowest BCUT2D eigenvalue weighted by Gasteiger charge is -2.31. The van der Waals surface area contributed by atoms with Gasteiger partial charge in [0.1, 0.15) is 0 Å². The Labute approximate surface area is 97.8 Å². The molecule has 0 radical (unpaired) electrons. The van der Waals surface area contributed by atoms with Crippen LogP contribution in [0.1, 0.15) is 12.5 Å². The number of piperazine rings is 1. The lowest BCUT2D eigenvalue weighted by atomic mass is 10.2. The van der Waals surface area contributed by atoms with Crippen molar-refractivity contribution in [2.75, 3.05) is 38.5 Å². The average molecular weight is 220 g/mol. The molecule has 1 aliphatic heterocycles. The van der Waals surface area contributed by atoms with E-state index in [2.05, 4.69) is 24.0 Å². The molecule has 88 valence electrons. The minimum absolute atomic E-state index is 0.851. The Bertz CT molecular complexity index is 312. The van der Waals surface area contributed by atoms with E-state index in [0.29, 0.717) is 0 Å². The van der Waals surface area contributed by atoms with Gasteiger partial charge in [-0.05, 0) is 24.6 Å². The molecule has 3 heteroatoms. The zero-order valence-corrected chi connectivity index (χ0v) is 10.1. The summed E-state index contributed by atoms with van der Waals surface area (Å²) in [7, 11) is 0. The van der Waals surface area contributed by atoms with Crippen LogP contribution >= 0.6 is 0 Å². The van der Waals surface area contributed by atoms with E-state index in [1.54, 1.807) is 4.90 Å². The summed E-state index contributed by atoms with van der Waals surface area (Å²) in [5.41, 5.74) is 7.90. The molecule has 1 heterocycles. The molecule has 1 aliphatic rings. The van der Waals surface area contributed by atoms with Crippen LogP contribution in [0.2, 0.25) is 0 Å². The second kappa shape index (κ2) is 5.32. The van der Waals surface area contributed by atoms with E-state index >= 15 is 0 Å². The van der Waals surface area contributed by atoms with Crippen molar-refractivity contribution < 1.29 is 4.90 Å². The second-order valence-electron chi connectivity index (χ2n) is 4.62. The lowest BCUT2D eigenvalue weighted by molar-refractivity contribution is -0.902. The van der Waals surface area contributed by atoms with Crippen LogP contribution in [0.4, 0.5) is 5.69 Å². The Morgan fingerprint density at radius 2 is 1.81 bits per heavy atom. The number of hydrogen-bond donors (Lipinski definition) is 2. The number of nitrogens with one attached hydrogen (secondary N) is 1. The van der Waals surface area contributed by atoms with Gasteiger partial charge in [-0.2, -0.15) is 0 Å². The quantitative estimate of drug-likeness (QED) is 0.703. The maximum atomic E-state index is 5.68. The summed E-state index contributed by atoms with van der Waals surface area (Å²) >= 11 is 0. The van der Waals surface area contributed by atoms with Gasteiger partial charge in [0.05, 0.1) is 19.6 Å². The van der Waals surface area contributed by atoms with Crippen LogP contribution in [0.25, 0.3) is 0 Å². The number of benzene rings is 1. The van der Waals surface area contributed by atoms with Crippen molar-refractivity contribution in [3.8, 4) is 0 Å². The van der Waals surface area contributed by atoms with E-state index in [0.717, 1.165) is 12.2 Å². The number of hydrogen-bond acceptors (Lipinski definition) is 2. The van der Waals surface area contributed by atoms with Gasteiger partial charge in [-0.1, -0.05) is 12.1 Å². The Morgan fingerprint density at radius 1 is 1.19 bits per heavy atom. The molecule has 2 rings (SSSR count). The summed E-state index contributed by atoms with van der Waals surface area (Å²) in [6.07, 6.45) is 0. The molecule has 0 saturated carbocycles.